The van der Waals surface area contributed by atoms with Crippen molar-refractivity contribution in [2.75, 3.05) is 46.6 Å². The molecule has 2 heterocycles. The Hall–Kier alpha value is -0.160. The largest absolute Gasteiger partial charge is 0.383 e. The molecule has 0 aliphatic carbocycles. The maximum atomic E-state index is 5.40. The van der Waals surface area contributed by atoms with Crippen LogP contribution in [0, 0.1) is 0 Å². The van der Waals surface area contributed by atoms with Crippen molar-refractivity contribution in [3.05, 3.63) is 0 Å². The van der Waals surface area contributed by atoms with E-state index in [9.17, 15) is 0 Å². The lowest BCUT2D eigenvalue weighted by Crippen LogP contribution is -2.50. The van der Waals surface area contributed by atoms with Crippen LogP contribution in [0.5, 0.6) is 0 Å². The zero-order valence-corrected chi connectivity index (χ0v) is 11.0. The minimum atomic E-state index is 0.670. The smallest absolute Gasteiger partial charge is 0.0589 e. The zero-order chi connectivity index (χ0) is 11.9. The lowest BCUT2D eigenvalue weighted by molar-refractivity contribution is 0.0670. The molecule has 4 heteroatoms. The molecule has 2 aliphatic heterocycles. The van der Waals surface area contributed by atoms with Crippen LogP contribution in [-0.2, 0) is 9.47 Å². The normalized spacial score (nSPS) is 28.4. The topological polar surface area (TPSA) is 33.7 Å². The Bertz CT molecular complexity index is 208. The number of hydrogen-bond donors (Lipinski definition) is 1. The van der Waals surface area contributed by atoms with Crippen LogP contribution < -0.4 is 5.32 Å². The van der Waals surface area contributed by atoms with Gasteiger partial charge in [0.25, 0.3) is 0 Å². The Labute approximate surface area is 105 Å². The van der Waals surface area contributed by atoms with Crippen LogP contribution in [0.1, 0.15) is 25.7 Å². The molecule has 17 heavy (non-hydrogen) atoms. The summed E-state index contributed by atoms with van der Waals surface area (Å²) in [4.78, 5) is 2.52. The monoisotopic (exact) mass is 242 g/mol. The molecule has 0 saturated carbocycles. The Morgan fingerprint density at radius 3 is 2.82 bits per heavy atom. The standard InChI is InChI=1S/C13H26N2O2/c1-16-10-7-15-6-2-3-13(11-15)14-12-4-8-17-9-5-12/h12-14H,2-11H2,1H3/t13-/m1/s1. The summed E-state index contributed by atoms with van der Waals surface area (Å²) in [6, 6.07) is 1.35. The summed E-state index contributed by atoms with van der Waals surface area (Å²) >= 11 is 0. The fourth-order valence-electron chi connectivity index (χ4n) is 2.81. The number of likely N-dealkylation sites (tertiary alicyclic amines) is 1. The minimum absolute atomic E-state index is 0.670. The highest BCUT2D eigenvalue weighted by Crippen LogP contribution is 2.13. The van der Waals surface area contributed by atoms with Crippen molar-refractivity contribution in [1.29, 1.82) is 0 Å². The van der Waals surface area contributed by atoms with Gasteiger partial charge in [-0.1, -0.05) is 0 Å². The molecule has 2 rings (SSSR count). The first-order valence-corrected chi connectivity index (χ1v) is 6.93. The van der Waals surface area contributed by atoms with Gasteiger partial charge < -0.3 is 14.8 Å². The molecule has 0 amide bonds. The molecule has 0 bridgehead atoms. The van der Waals surface area contributed by atoms with E-state index >= 15 is 0 Å². The summed E-state index contributed by atoms with van der Waals surface area (Å²) in [6.07, 6.45) is 4.98. The number of nitrogens with one attached hydrogen (secondary N) is 1. The van der Waals surface area contributed by atoms with E-state index < -0.39 is 0 Å². The van der Waals surface area contributed by atoms with Crippen molar-refractivity contribution in [3.63, 3.8) is 0 Å². The molecule has 1 N–H and O–H groups in total. The van der Waals surface area contributed by atoms with E-state index in [1.54, 1.807) is 7.11 Å². The number of rotatable bonds is 5. The molecule has 2 aliphatic rings. The molecule has 0 aromatic carbocycles. The SMILES string of the molecule is COCCN1CCC[C@@H](NC2CCOCC2)C1. The molecule has 0 unspecified atom stereocenters. The van der Waals surface area contributed by atoms with Gasteiger partial charge in [-0.2, -0.15) is 0 Å². The summed E-state index contributed by atoms with van der Waals surface area (Å²) in [7, 11) is 1.78. The Morgan fingerprint density at radius 1 is 1.24 bits per heavy atom. The second-order valence-corrected chi connectivity index (χ2v) is 5.19. The fourth-order valence-corrected chi connectivity index (χ4v) is 2.81. The summed E-state index contributed by atoms with van der Waals surface area (Å²) < 4.78 is 10.5. The number of piperidine rings is 1. The van der Waals surface area contributed by atoms with Crippen molar-refractivity contribution in [3.8, 4) is 0 Å². The van der Waals surface area contributed by atoms with Crippen LogP contribution in [0.3, 0.4) is 0 Å². The first-order chi connectivity index (χ1) is 8.38. The van der Waals surface area contributed by atoms with Crippen LogP contribution >= 0.6 is 0 Å². The summed E-state index contributed by atoms with van der Waals surface area (Å²) in [6.45, 7) is 6.19. The quantitative estimate of drug-likeness (QED) is 0.775. The Morgan fingerprint density at radius 2 is 2.06 bits per heavy atom. The van der Waals surface area contributed by atoms with Gasteiger partial charge in [-0.15, -0.1) is 0 Å². The van der Waals surface area contributed by atoms with Gasteiger partial charge >= 0.3 is 0 Å². The molecule has 4 nitrogen and oxygen atoms in total. The van der Waals surface area contributed by atoms with Gasteiger partial charge in [0.1, 0.15) is 0 Å². The Balaban J connectivity index is 1.68. The number of nitrogens with zero attached hydrogens (tertiary/aromatic N) is 1. The van der Waals surface area contributed by atoms with Crippen molar-refractivity contribution >= 4 is 0 Å². The average molecular weight is 242 g/mol. The van der Waals surface area contributed by atoms with Gasteiger partial charge in [-0.05, 0) is 32.2 Å². The number of hydrogen-bond acceptors (Lipinski definition) is 4. The molecule has 100 valence electrons. The molecule has 2 fully saturated rings. The first kappa shape index (κ1) is 13.3. The van der Waals surface area contributed by atoms with Crippen LogP contribution in [0.25, 0.3) is 0 Å². The molecular formula is C13H26N2O2. The fraction of sp³-hybridized carbons (Fsp3) is 1.00. The molecule has 0 aromatic rings. The van der Waals surface area contributed by atoms with Crippen molar-refractivity contribution in [1.82, 2.24) is 10.2 Å². The lowest BCUT2D eigenvalue weighted by Gasteiger charge is -2.36. The Kier molecular flexibility index (Phi) is 5.71. The summed E-state index contributed by atoms with van der Waals surface area (Å²) in [5.74, 6) is 0. The highest BCUT2D eigenvalue weighted by atomic mass is 16.5. The maximum Gasteiger partial charge on any atom is 0.0589 e. The molecular weight excluding hydrogens is 216 g/mol. The van der Waals surface area contributed by atoms with Crippen LogP contribution in [0.4, 0.5) is 0 Å². The van der Waals surface area contributed by atoms with E-state index in [2.05, 4.69) is 10.2 Å². The summed E-state index contributed by atoms with van der Waals surface area (Å²) in [5, 5.41) is 3.80. The van der Waals surface area contributed by atoms with E-state index in [0.717, 1.165) is 26.4 Å². The van der Waals surface area contributed by atoms with Crippen molar-refractivity contribution in [2.45, 2.75) is 37.8 Å². The third kappa shape index (κ3) is 4.54. The predicted octanol–water partition coefficient (Wildman–Crippen LogP) is 0.866. The van der Waals surface area contributed by atoms with Crippen LogP contribution in [0.2, 0.25) is 0 Å². The molecule has 2 saturated heterocycles. The third-order valence-corrected chi connectivity index (χ3v) is 3.81. The molecule has 0 radical (unpaired) electrons. The molecule has 0 aromatic heterocycles. The second-order valence-electron chi connectivity index (χ2n) is 5.19. The van der Waals surface area contributed by atoms with Gasteiger partial charge in [-0.25, -0.2) is 0 Å². The van der Waals surface area contributed by atoms with Gasteiger partial charge in [-0.3, -0.25) is 4.90 Å². The van der Waals surface area contributed by atoms with E-state index in [1.165, 1.54) is 38.8 Å². The van der Waals surface area contributed by atoms with Gasteiger partial charge in [0.15, 0.2) is 0 Å². The van der Waals surface area contributed by atoms with E-state index in [1.807, 2.05) is 0 Å². The highest BCUT2D eigenvalue weighted by molar-refractivity contribution is 4.82. The van der Waals surface area contributed by atoms with E-state index in [4.69, 9.17) is 9.47 Å². The van der Waals surface area contributed by atoms with Gasteiger partial charge in [0, 0.05) is 45.5 Å². The first-order valence-electron chi connectivity index (χ1n) is 6.93. The average Bonchev–Trinajstić information content (AvgIpc) is 2.38. The zero-order valence-electron chi connectivity index (χ0n) is 11.0. The minimum Gasteiger partial charge on any atom is -0.383 e. The maximum absolute atomic E-state index is 5.40. The second kappa shape index (κ2) is 7.31. The summed E-state index contributed by atoms with van der Waals surface area (Å²) in [5.41, 5.74) is 0. The number of methoxy groups -OCH3 is 1. The van der Waals surface area contributed by atoms with Gasteiger partial charge in [0.2, 0.25) is 0 Å². The molecule has 1 atom stereocenters. The van der Waals surface area contributed by atoms with Gasteiger partial charge in [0.05, 0.1) is 6.61 Å². The predicted molar refractivity (Wildman–Crippen MR) is 68.3 cm³/mol. The highest BCUT2D eigenvalue weighted by Gasteiger charge is 2.23. The third-order valence-electron chi connectivity index (χ3n) is 3.81. The molecule has 0 spiro atoms. The van der Waals surface area contributed by atoms with Crippen LogP contribution in [-0.4, -0.2) is 63.5 Å². The lowest BCUT2D eigenvalue weighted by atomic mass is 10.0. The van der Waals surface area contributed by atoms with E-state index in [-0.39, 0.29) is 0 Å². The van der Waals surface area contributed by atoms with Crippen LogP contribution in [0.15, 0.2) is 0 Å². The van der Waals surface area contributed by atoms with Crippen molar-refractivity contribution < 1.29 is 9.47 Å². The number of ether oxygens (including phenoxy) is 2. The van der Waals surface area contributed by atoms with Crippen molar-refractivity contribution in [2.24, 2.45) is 0 Å². The van der Waals surface area contributed by atoms with E-state index in [0.29, 0.717) is 12.1 Å².